The Labute approximate surface area is 150 Å². The second kappa shape index (κ2) is 8.26. The number of carbonyl (C=O) groups excluding carboxylic acids is 2. The summed E-state index contributed by atoms with van der Waals surface area (Å²) in [7, 11) is 0. The van der Waals surface area contributed by atoms with Crippen LogP contribution >= 0.6 is 11.6 Å². The van der Waals surface area contributed by atoms with Gasteiger partial charge in [-0.15, -0.1) is 0 Å². The van der Waals surface area contributed by atoms with Crippen LogP contribution in [-0.2, 0) is 4.79 Å². The highest BCUT2D eigenvalue weighted by atomic mass is 35.5. The number of non-ortho nitro benzene ring substituents is 1. The van der Waals surface area contributed by atoms with Crippen LogP contribution in [-0.4, -0.2) is 53.9 Å². The number of carbonyl (C=O) groups is 2. The zero-order valence-corrected chi connectivity index (χ0v) is 14.9. The molecule has 1 fully saturated rings. The number of nitro groups is 1. The van der Waals surface area contributed by atoms with Gasteiger partial charge in [0, 0.05) is 38.3 Å². The van der Waals surface area contributed by atoms with Gasteiger partial charge in [0.05, 0.1) is 15.5 Å². The Hall–Kier alpha value is -2.19. The van der Waals surface area contributed by atoms with Crippen molar-refractivity contribution >= 4 is 29.1 Å². The average molecular weight is 369 g/mol. The normalized spacial score (nSPS) is 15.8. The summed E-state index contributed by atoms with van der Waals surface area (Å²) in [5, 5.41) is 16.6. The number of hydrogen-bond donors (Lipinski definition) is 2. The van der Waals surface area contributed by atoms with E-state index >= 15 is 0 Å². The number of piperazine rings is 1. The van der Waals surface area contributed by atoms with Crippen molar-refractivity contribution in [3.63, 3.8) is 0 Å². The van der Waals surface area contributed by atoms with Crippen LogP contribution in [0.1, 0.15) is 24.2 Å². The molecule has 1 heterocycles. The van der Waals surface area contributed by atoms with Gasteiger partial charge in [-0.2, -0.15) is 0 Å². The van der Waals surface area contributed by atoms with E-state index in [1.807, 2.05) is 13.8 Å². The van der Waals surface area contributed by atoms with Crippen molar-refractivity contribution in [1.82, 2.24) is 15.5 Å². The molecule has 0 saturated carbocycles. The van der Waals surface area contributed by atoms with Gasteiger partial charge >= 0.3 is 0 Å². The number of nitro benzene ring substituents is 1. The lowest BCUT2D eigenvalue weighted by Gasteiger charge is -2.32. The van der Waals surface area contributed by atoms with E-state index in [0.717, 1.165) is 19.2 Å². The first kappa shape index (κ1) is 19.1. The molecule has 1 aromatic carbocycles. The van der Waals surface area contributed by atoms with Gasteiger partial charge in [-0.05, 0) is 12.0 Å². The smallest absolute Gasteiger partial charge is 0.270 e. The molecule has 0 spiro atoms. The molecule has 1 saturated heterocycles. The van der Waals surface area contributed by atoms with Gasteiger partial charge in [-0.25, -0.2) is 0 Å². The second-order valence-electron chi connectivity index (χ2n) is 6.19. The van der Waals surface area contributed by atoms with Gasteiger partial charge in [0.2, 0.25) is 5.91 Å². The van der Waals surface area contributed by atoms with Gasteiger partial charge in [-0.1, -0.05) is 25.4 Å². The summed E-state index contributed by atoms with van der Waals surface area (Å²) in [6.07, 6.45) is 0. The summed E-state index contributed by atoms with van der Waals surface area (Å²) in [5.41, 5.74) is -0.0927. The third kappa shape index (κ3) is 4.67. The highest BCUT2D eigenvalue weighted by Crippen LogP contribution is 2.23. The molecule has 1 unspecified atom stereocenters. The molecule has 0 aromatic heterocycles. The van der Waals surface area contributed by atoms with Gasteiger partial charge < -0.3 is 15.5 Å². The van der Waals surface area contributed by atoms with Crippen molar-refractivity contribution in [3.8, 4) is 0 Å². The molecule has 0 aliphatic carbocycles. The molecule has 1 atom stereocenters. The van der Waals surface area contributed by atoms with E-state index in [1.54, 1.807) is 4.90 Å². The maximum atomic E-state index is 12.7. The highest BCUT2D eigenvalue weighted by Gasteiger charge is 2.30. The fraction of sp³-hybridized carbons (Fsp3) is 0.500. The van der Waals surface area contributed by atoms with E-state index in [0.29, 0.717) is 13.1 Å². The van der Waals surface area contributed by atoms with Crippen LogP contribution in [0.25, 0.3) is 0 Å². The van der Waals surface area contributed by atoms with Crippen molar-refractivity contribution in [2.75, 3.05) is 26.2 Å². The van der Waals surface area contributed by atoms with Crippen molar-refractivity contribution in [2.45, 2.75) is 19.9 Å². The van der Waals surface area contributed by atoms with E-state index in [4.69, 9.17) is 11.6 Å². The Balaban J connectivity index is 2.14. The molecule has 0 bridgehead atoms. The standard InChI is InChI=1S/C16H21ClN4O4/c1-10(2)14(16(23)20-7-5-18-6-8-20)19-15(22)12-4-3-11(21(24)25)9-13(12)17/h3-4,9-10,14,18H,5-8H2,1-2H3,(H,19,22). The predicted octanol–water partition coefficient (Wildman–Crippen LogP) is 1.43. The number of nitrogens with zero attached hydrogens (tertiary/aromatic N) is 2. The van der Waals surface area contributed by atoms with Crippen molar-refractivity contribution in [2.24, 2.45) is 5.92 Å². The van der Waals surface area contributed by atoms with E-state index in [1.165, 1.54) is 12.1 Å². The summed E-state index contributed by atoms with van der Waals surface area (Å²) in [6.45, 7) is 6.33. The molecule has 2 amide bonds. The molecular formula is C16H21ClN4O4. The maximum absolute atomic E-state index is 12.7. The molecule has 1 aliphatic heterocycles. The van der Waals surface area contributed by atoms with Crippen LogP contribution in [0.4, 0.5) is 5.69 Å². The third-order valence-electron chi connectivity index (χ3n) is 4.06. The Morgan fingerprint density at radius 3 is 2.48 bits per heavy atom. The Morgan fingerprint density at radius 1 is 1.32 bits per heavy atom. The molecule has 2 rings (SSSR count). The van der Waals surface area contributed by atoms with Crippen LogP contribution in [0.2, 0.25) is 5.02 Å². The monoisotopic (exact) mass is 368 g/mol. The van der Waals surface area contributed by atoms with Crippen LogP contribution in [0.3, 0.4) is 0 Å². The van der Waals surface area contributed by atoms with Gasteiger partial charge in [0.25, 0.3) is 11.6 Å². The van der Waals surface area contributed by atoms with Crippen molar-refractivity contribution in [3.05, 3.63) is 38.9 Å². The zero-order valence-electron chi connectivity index (χ0n) is 14.1. The largest absolute Gasteiger partial charge is 0.340 e. The van der Waals surface area contributed by atoms with E-state index in [9.17, 15) is 19.7 Å². The van der Waals surface area contributed by atoms with Crippen LogP contribution < -0.4 is 10.6 Å². The van der Waals surface area contributed by atoms with Crippen molar-refractivity contribution < 1.29 is 14.5 Å². The number of rotatable bonds is 5. The molecule has 25 heavy (non-hydrogen) atoms. The topological polar surface area (TPSA) is 105 Å². The summed E-state index contributed by atoms with van der Waals surface area (Å²) in [4.78, 5) is 37.1. The predicted molar refractivity (Wildman–Crippen MR) is 93.6 cm³/mol. The number of benzene rings is 1. The summed E-state index contributed by atoms with van der Waals surface area (Å²) in [5.74, 6) is -0.770. The first-order valence-electron chi connectivity index (χ1n) is 8.05. The number of amides is 2. The number of halogens is 1. The second-order valence-corrected chi connectivity index (χ2v) is 6.60. The lowest BCUT2D eigenvalue weighted by molar-refractivity contribution is -0.384. The van der Waals surface area contributed by atoms with Gasteiger partial charge in [-0.3, -0.25) is 19.7 Å². The highest BCUT2D eigenvalue weighted by molar-refractivity contribution is 6.34. The van der Waals surface area contributed by atoms with E-state index in [-0.39, 0.29) is 28.1 Å². The minimum absolute atomic E-state index is 0.0242. The summed E-state index contributed by atoms with van der Waals surface area (Å²) >= 11 is 5.99. The average Bonchev–Trinajstić information content (AvgIpc) is 2.59. The first-order valence-corrected chi connectivity index (χ1v) is 8.43. The van der Waals surface area contributed by atoms with Crippen molar-refractivity contribution in [1.29, 1.82) is 0 Å². The minimum atomic E-state index is -0.683. The summed E-state index contributed by atoms with van der Waals surface area (Å²) < 4.78 is 0. The molecular weight excluding hydrogens is 348 g/mol. The van der Waals surface area contributed by atoms with E-state index < -0.39 is 16.9 Å². The SMILES string of the molecule is CC(C)C(NC(=O)c1ccc([N+](=O)[O-])cc1Cl)C(=O)N1CCNCC1. The molecule has 2 N–H and O–H groups in total. The fourth-order valence-corrected chi connectivity index (χ4v) is 2.88. The fourth-order valence-electron chi connectivity index (χ4n) is 2.62. The van der Waals surface area contributed by atoms with Crippen LogP contribution in [0, 0.1) is 16.0 Å². The van der Waals surface area contributed by atoms with Gasteiger partial charge in [0.15, 0.2) is 0 Å². The number of hydrogen-bond acceptors (Lipinski definition) is 5. The quantitative estimate of drug-likeness (QED) is 0.604. The van der Waals surface area contributed by atoms with E-state index in [2.05, 4.69) is 10.6 Å². The minimum Gasteiger partial charge on any atom is -0.340 e. The summed E-state index contributed by atoms with van der Waals surface area (Å²) in [6, 6.07) is 2.95. The zero-order chi connectivity index (χ0) is 18.6. The molecule has 0 radical (unpaired) electrons. The van der Waals surface area contributed by atoms with Crippen LogP contribution in [0.5, 0.6) is 0 Å². The van der Waals surface area contributed by atoms with Crippen LogP contribution in [0.15, 0.2) is 18.2 Å². The Morgan fingerprint density at radius 2 is 1.96 bits per heavy atom. The molecule has 1 aromatic rings. The number of nitrogens with one attached hydrogen (secondary N) is 2. The lowest BCUT2D eigenvalue weighted by atomic mass is 10.0. The maximum Gasteiger partial charge on any atom is 0.270 e. The lowest BCUT2D eigenvalue weighted by Crippen LogP contribution is -2.55. The Kier molecular flexibility index (Phi) is 6.33. The van der Waals surface area contributed by atoms with Gasteiger partial charge in [0.1, 0.15) is 6.04 Å². The molecule has 8 nitrogen and oxygen atoms in total. The Bertz CT molecular complexity index is 674. The molecule has 9 heteroatoms. The first-order chi connectivity index (χ1) is 11.8. The third-order valence-corrected chi connectivity index (χ3v) is 4.37. The molecule has 1 aliphatic rings. The molecule has 136 valence electrons.